The van der Waals surface area contributed by atoms with E-state index in [4.69, 9.17) is 0 Å². The van der Waals surface area contributed by atoms with Crippen LogP contribution in [0.15, 0.2) is 17.6 Å². The summed E-state index contributed by atoms with van der Waals surface area (Å²) in [5, 5.41) is 15.6. The van der Waals surface area contributed by atoms with Crippen molar-refractivity contribution in [2.75, 3.05) is 6.54 Å². The molecule has 0 aliphatic heterocycles. The highest BCUT2D eigenvalue weighted by Crippen LogP contribution is 2.22. The molecule has 5 nitrogen and oxygen atoms in total. The fraction of sp³-hybridized carbons (Fsp3) is 0.500. The zero-order valence-electron chi connectivity index (χ0n) is 13.7. The summed E-state index contributed by atoms with van der Waals surface area (Å²) in [6, 6.07) is 1.86. The zero-order valence-corrected chi connectivity index (χ0v) is 14.5. The van der Waals surface area contributed by atoms with Gasteiger partial charge in [-0.2, -0.15) is 0 Å². The monoisotopic (exact) mass is 321 g/mol. The number of carbonyl (C=O) groups excluding carboxylic acids is 1. The first-order chi connectivity index (χ1) is 10.2. The third-order valence-corrected chi connectivity index (χ3v) is 4.50. The average Bonchev–Trinajstić information content (AvgIpc) is 3.02. The molecule has 6 heteroatoms. The molecule has 120 valence electrons. The van der Waals surface area contributed by atoms with Gasteiger partial charge in [0, 0.05) is 29.5 Å². The van der Waals surface area contributed by atoms with Crippen molar-refractivity contribution in [2.45, 2.75) is 40.7 Å². The van der Waals surface area contributed by atoms with E-state index in [0.29, 0.717) is 5.56 Å². The number of nitrogens with one attached hydrogen (secondary N) is 1. The van der Waals surface area contributed by atoms with Gasteiger partial charge in [-0.1, -0.05) is 20.8 Å². The number of aliphatic hydroxyl groups excluding tert-OH is 1. The van der Waals surface area contributed by atoms with E-state index in [1.165, 1.54) is 11.3 Å². The van der Waals surface area contributed by atoms with E-state index in [1.54, 1.807) is 6.20 Å². The molecule has 2 N–H and O–H groups in total. The highest BCUT2D eigenvalue weighted by Gasteiger charge is 2.24. The highest BCUT2D eigenvalue weighted by molar-refractivity contribution is 7.12. The average molecular weight is 321 g/mol. The number of rotatable bonds is 4. The van der Waals surface area contributed by atoms with Crippen LogP contribution >= 0.6 is 11.3 Å². The normalized spacial score (nSPS) is 13.2. The molecule has 2 rings (SSSR count). The van der Waals surface area contributed by atoms with Crippen LogP contribution in [0.25, 0.3) is 5.13 Å². The van der Waals surface area contributed by atoms with E-state index in [9.17, 15) is 9.90 Å². The second-order valence-corrected chi connectivity index (χ2v) is 7.40. The number of nitrogens with zero attached hydrogens (tertiary/aromatic N) is 2. The van der Waals surface area contributed by atoms with Crippen LogP contribution in [-0.4, -0.2) is 33.2 Å². The fourth-order valence-corrected chi connectivity index (χ4v) is 2.96. The van der Waals surface area contributed by atoms with E-state index in [2.05, 4.69) is 10.3 Å². The third-order valence-electron chi connectivity index (χ3n) is 3.74. The van der Waals surface area contributed by atoms with Crippen molar-refractivity contribution < 1.29 is 9.90 Å². The van der Waals surface area contributed by atoms with Gasteiger partial charge < -0.3 is 10.4 Å². The number of aliphatic hydroxyl groups is 1. The van der Waals surface area contributed by atoms with Gasteiger partial charge in [-0.25, -0.2) is 4.98 Å². The molecule has 22 heavy (non-hydrogen) atoms. The topological polar surface area (TPSA) is 67.2 Å². The fourth-order valence-electron chi connectivity index (χ4n) is 2.20. The molecule has 0 aromatic carbocycles. The Kier molecular flexibility index (Phi) is 4.72. The van der Waals surface area contributed by atoms with Crippen LogP contribution in [0.4, 0.5) is 0 Å². The lowest BCUT2D eigenvalue weighted by Crippen LogP contribution is -2.39. The lowest BCUT2D eigenvalue weighted by molar-refractivity contribution is 0.0586. The number of hydrogen-bond donors (Lipinski definition) is 2. The Hall–Kier alpha value is -1.66. The second kappa shape index (κ2) is 6.22. The maximum atomic E-state index is 12.4. The molecule has 2 aromatic rings. The molecule has 0 aliphatic rings. The minimum atomic E-state index is -0.584. The first-order valence-corrected chi connectivity index (χ1v) is 8.15. The van der Waals surface area contributed by atoms with E-state index >= 15 is 0 Å². The van der Waals surface area contributed by atoms with Crippen LogP contribution in [-0.2, 0) is 0 Å². The van der Waals surface area contributed by atoms with Crippen LogP contribution in [0.3, 0.4) is 0 Å². The van der Waals surface area contributed by atoms with Gasteiger partial charge in [-0.05, 0) is 25.3 Å². The molecule has 0 fully saturated rings. The molecular formula is C16H23N3O2S. The number of thiazole rings is 1. The maximum absolute atomic E-state index is 12.4. The molecule has 0 spiro atoms. The summed E-state index contributed by atoms with van der Waals surface area (Å²) in [6.45, 7) is 9.93. The lowest BCUT2D eigenvalue weighted by Gasteiger charge is -2.25. The van der Waals surface area contributed by atoms with Gasteiger partial charge >= 0.3 is 0 Å². The second-order valence-electron chi connectivity index (χ2n) is 6.53. The Morgan fingerprint density at radius 3 is 2.68 bits per heavy atom. The molecular weight excluding hydrogens is 298 g/mol. The third kappa shape index (κ3) is 3.39. The van der Waals surface area contributed by atoms with E-state index in [-0.39, 0.29) is 17.9 Å². The van der Waals surface area contributed by atoms with E-state index in [1.807, 2.05) is 50.6 Å². The van der Waals surface area contributed by atoms with Gasteiger partial charge in [0.15, 0.2) is 5.13 Å². The molecule has 0 radical (unpaired) electrons. The minimum absolute atomic E-state index is 0.167. The molecule has 0 saturated heterocycles. The van der Waals surface area contributed by atoms with Gasteiger partial charge in [0.2, 0.25) is 0 Å². The van der Waals surface area contributed by atoms with Gasteiger partial charge in [0.1, 0.15) is 0 Å². The Morgan fingerprint density at radius 1 is 1.45 bits per heavy atom. The summed E-state index contributed by atoms with van der Waals surface area (Å²) in [5.41, 5.74) is 2.18. The van der Waals surface area contributed by atoms with Gasteiger partial charge in [-0.3, -0.25) is 9.36 Å². The molecule has 0 bridgehead atoms. The van der Waals surface area contributed by atoms with Crippen molar-refractivity contribution in [3.05, 3.63) is 34.6 Å². The Bertz CT molecular complexity index is 654. The van der Waals surface area contributed by atoms with Crippen molar-refractivity contribution in [1.82, 2.24) is 14.9 Å². The summed E-state index contributed by atoms with van der Waals surface area (Å²) >= 11 is 1.53. The number of hydrogen-bond acceptors (Lipinski definition) is 4. The summed E-state index contributed by atoms with van der Waals surface area (Å²) in [4.78, 5) is 16.7. The molecule has 2 aromatic heterocycles. The van der Waals surface area contributed by atoms with E-state index < -0.39 is 6.10 Å². The highest BCUT2D eigenvalue weighted by atomic mass is 32.1. The van der Waals surface area contributed by atoms with Gasteiger partial charge in [-0.15, -0.1) is 11.3 Å². The lowest BCUT2D eigenvalue weighted by atomic mass is 9.89. The smallest absolute Gasteiger partial charge is 0.253 e. The van der Waals surface area contributed by atoms with Crippen LogP contribution < -0.4 is 5.32 Å². The molecule has 2 heterocycles. The van der Waals surface area contributed by atoms with Gasteiger partial charge in [0.25, 0.3) is 5.91 Å². The van der Waals surface area contributed by atoms with Crippen molar-refractivity contribution in [2.24, 2.45) is 5.41 Å². The van der Waals surface area contributed by atoms with Gasteiger partial charge in [0.05, 0.1) is 11.7 Å². The Morgan fingerprint density at radius 2 is 2.14 bits per heavy atom. The van der Waals surface area contributed by atoms with Crippen LogP contribution in [0.5, 0.6) is 0 Å². The molecule has 1 unspecified atom stereocenters. The molecule has 0 aliphatic carbocycles. The molecule has 1 atom stereocenters. The zero-order chi connectivity index (χ0) is 16.5. The number of amides is 1. The largest absolute Gasteiger partial charge is 0.391 e. The number of aromatic nitrogens is 2. The van der Waals surface area contributed by atoms with Crippen molar-refractivity contribution in [3.63, 3.8) is 0 Å². The standard InChI is InChI=1S/C16H23N3O2S/c1-10-8-12(11(2)19(10)15-17-6-7-22-15)14(21)18-9-13(20)16(3,4)5/h6-8,13,20H,9H2,1-5H3,(H,18,21). The van der Waals surface area contributed by atoms with Crippen LogP contribution in [0, 0.1) is 19.3 Å². The first kappa shape index (κ1) is 16.7. The minimum Gasteiger partial charge on any atom is -0.391 e. The quantitative estimate of drug-likeness (QED) is 0.910. The predicted molar refractivity (Wildman–Crippen MR) is 88.7 cm³/mol. The summed E-state index contributed by atoms with van der Waals surface area (Å²) in [5.74, 6) is -0.167. The Balaban J connectivity index is 2.17. The number of carbonyl (C=O) groups is 1. The van der Waals surface area contributed by atoms with Crippen molar-refractivity contribution in [3.8, 4) is 5.13 Å². The summed E-state index contributed by atoms with van der Waals surface area (Å²) in [6.07, 6.45) is 1.16. The van der Waals surface area contributed by atoms with E-state index in [0.717, 1.165) is 16.5 Å². The maximum Gasteiger partial charge on any atom is 0.253 e. The summed E-state index contributed by atoms with van der Waals surface area (Å²) < 4.78 is 1.97. The van der Waals surface area contributed by atoms with Crippen LogP contribution in [0.1, 0.15) is 42.5 Å². The number of aryl methyl sites for hydroxylation is 1. The SMILES string of the molecule is Cc1cc(C(=O)NCC(O)C(C)(C)C)c(C)n1-c1nccs1. The summed E-state index contributed by atoms with van der Waals surface area (Å²) in [7, 11) is 0. The first-order valence-electron chi connectivity index (χ1n) is 7.27. The van der Waals surface area contributed by atoms with Crippen LogP contribution in [0.2, 0.25) is 0 Å². The predicted octanol–water partition coefficient (Wildman–Crippen LogP) is 2.69. The van der Waals surface area contributed by atoms with Crippen molar-refractivity contribution in [1.29, 1.82) is 0 Å². The molecule has 0 saturated carbocycles. The Labute approximate surface area is 135 Å². The molecule has 1 amide bonds. The van der Waals surface area contributed by atoms with Crippen molar-refractivity contribution >= 4 is 17.2 Å².